The van der Waals surface area contributed by atoms with Gasteiger partial charge in [-0.2, -0.15) is 0 Å². The topological polar surface area (TPSA) is 59.6 Å². The maximum atomic E-state index is 12.3. The van der Waals surface area contributed by atoms with Crippen LogP contribution >= 0.6 is 27.5 Å². The van der Waals surface area contributed by atoms with Crippen molar-refractivity contribution < 1.29 is 14.3 Å². The number of benzene rings is 3. The van der Waals surface area contributed by atoms with Crippen molar-refractivity contribution in [3.05, 3.63) is 80.3 Å². The summed E-state index contributed by atoms with van der Waals surface area (Å²) in [6.07, 6.45) is 0. The van der Waals surface area contributed by atoms with Crippen LogP contribution in [0.25, 0.3) is 0 Å². The molecule has 2 N–H and O–H groups in total. The summed E-state index contributed by atoms with van der Waals surface area (Å²) in [7, 11) is 1.57. The Kier molecular flexibility index (Phi) is 8.04. The predicted octanol–water partition coefficient (Wildman–Crippen LogP) is 6.67. The average molecular weight is 518 g/mol. The van der Waals surface area contributed by atoms with Gasteiger partial charge in [-0.25, -0.2) is 0 Å². The van der Waals surface area contributed by atoms with Gasteiger partial charge in [-0.1, -0.05) is 29.8 Å². The van der Waals surface area contributed by atoms with E-state index in [-0.39, 0.29) is 12.5 Å². The number of carbonyl (C=O) groups excluding carboxylic acids is 1. The Morgan fingerprint density at radius 1 is 1.03 bits per heavy atom. The van der Waals surface area contributed by atoms with Gasteiger partial charge in [0.05, 0.1) is 11.6 Å². The first-order chi connectivity index (χ1) is 15.3. The first-order valence-corrected chi connectivity index (χ1v) is 11.3. The highest BCUT2D eigenvalue weighted by atomic mass is 79.9. The molecule has 0 aliphatic rings. The van der Waals surface area contributed by atoms with E-state index in [1.165, 1.54) is 11.1 Å². The van der Waals surface area contributed by atoms with E-state index in [1.807, 2.05) is 25.1 Å². The first kappa shape index (κ1) is 24.0. The Bertz CT molecular complexity index is 1130. The van der Waals surface area contributed by atoms with Crippen LogP contribution in [0.15, 0.2) is 53.0 Å². The van der Waals surface area contributed by atoms with Crippen molar-refractivity contribution in [3.8, 4) is 11.5 Å². The number of carbonyl (C=O) groups is 1. The third-order valence-electron chi connectivity index (χ3n) is 4.97. The molecular weight excluding hydrogens is 492 g/mol. The summed E-state index contributed by atoms with van der Waals surface area (Å²) < 4.78 is 12.0. The molecule has 0 atom stereocenters. The summed E-state index contributed by atoms with van der Waals surface area (Å²) in [5, 5.41) is 6.84. The lowest BCUT2D eigenvalue weighted by molar-refractivity contribution is -0.118. The van der Waals surface area contributed by atoms with Gasteiger partial charge in [0.2, 0.25) is 0 Å². The van der Waals surface area contributed by atoms with E-state index >= 15 is 0 Å². The molecule has 0 heterocycles. The largest absolute Gasteiger partial charge is 0.493 e. The number of hydrogen-bond acceptors (Lipinski definition) is 4. The summed E-state index contributed by atoms with van der Waals surface area (Å²) >= 11 is 9.66. The van der Waals surface area contributed by atoms with Crippen LogP contribution in [0.3, 0.4) is 0 Å². The lowest BCUT2D eigenvalue weighted by Gasteiger charge is -2.16. The second-order valence-electron chi connectivity index (χ2n) is 7.58. The highest BCUT2D eigenvalue weighted by Gasteiger charge is 2.14. The van der Waals surface area contributed by atoms with E-state index in [0.717, 1.165) is 16.8 Å². The Labute approximate surface area is 202 Å². The lowest BCUT2D eigenvalue weighted by Crippen LogP contribution is -2.20. The fraction of sp³-hybridized carbons (Fsp3) is 0.240. The number of hydrogen-bond donors (Lipinski definition) is 2. The molecule has 0 radical (unpaired) electrons. The monoisotopic (exact) mass is 516 g/mol. The molecule has 0 saturated carbocycles. The molecule has 1 amide bonds. The minimum Gasteiger partial charge on any atom is -0.493 e. The van der Waals surface area contributed by atoms with Crippen LogP contribution in [0, 0.1) is 20.8 Å². The van der Waals surface area contributed by atoms with E-state index in [0.29, 0.717) is 33.2 Å². The Morgan fingerprint density at radius 2 is 1.78 bits per heavy atom. The molecule has 3 rings (SSSR count). The maximum Gasteiger partial charge on any atom is 0.262 e. The number of ether oxygens (including phenoxy) is 2. The minimum absolute atomic E-state index is 0.166. The van der Waals surface area contributed by atoms with Crippen molar-refractivity contribution in [1.82, 2.24) is 0 Å². The molecule has 0 unspecified atom stereocenters. The van der Waals surface area contributed by atoms with Crippen LogP contribution in [0.5, 0.6) is 11.5 Å². The van der Waals surface area contributed by atoms with Crippen LogP contribution < -0.4 is 20.1 Å². The van der Waals surface area contributed by atoms with Crippen LogP contribution in [0.1, 0.15) is 22.3 Å². The van der Waals surface area contributed by atoms with Crippen LogP contribution in [0.4, 0.5) is 11.4 Å². The summed E-state index contributed by atoms with van der Waals surface area (Å²) in [5.41, 5.74) is 6.05. The van der Waals surface area contributed by atoms with Crippen molar-refractivity contribution in [1.29, 1.82) is 0 Å². The van der Waals surface area contributed by atoms with Crippen molar-refractivity contribution in [2.24, 2.45) is 0 Å². The molecule has 7 heteroatoms. The minimum atomic E-state index is -0.292. The summed E-state index contributed by atoms with van der Waals surface area (Å²) in [4.78, 5) is 12.3. The molecule has 0 fully saturated rings. The molecule has 32 heavy (non-hydrogen) atoms. The highest BCUT2D eigenvalue weighted by molar-refractivity contribution is 9.10. The number of nitrogens with one attached hydrogen (secondary N) is 2. The molecule has 0 saturated heterocycles. The lowest BCUT2D eigenvalue weighted by atomic mass is 10.1. The second kappa shape index (κ2) is 10.7. The zero-order valence-corrected chi connectivity index (χ0v) is 20.9. The van der Waals surface area contributed by atoms with Gasteiger partial charge in [-0.15, -0.1) is 0 Å². The second-order valence-corrected chi connectivity index (χ2v) is 8.84. The van der Waals surface area contributed by atoms with Gasteiger partial charge < -0.3 is 20.1 Å². The predicted molar refractivity (Wildman–Crippen MR) is 134 cm³/mol. The number of amides is 1. The molecule has 0 aliphatic heterocycles. The van der Waals surface area contributed by atoms with E-state index < -0.39 is 0 Å². The van der Waals surface area contributed by atoms with Crippen molar-refractivity contribution in [3.63, 3.8) is 0 Å². The number of halogens is 2. The molecular formula is C25H26BrClN2O3. The average Bonchev–Trinajstić information content (AvgIpc) is 2.75. The summed E-state index contributed by atoms with van der Waals surface area (Å²) in [5.74, 6) is 0.725. The molecule has 5 nitrogen and oxygen atoms in total. The zero-order chi connectivity index (χ0) is 23.3. The molecule has 0 bridgehead atoms. The van der Waals surface area contributed by atoms with Crippen molar-refractivity contribution >= 4 is 44.8 Å². The third-order valence-corrected chi connectivity index (χ3v) is 5.96. The number of anilines is 2. The van der Waals surface area contributed by atoms with E-state index in [1.54, 1.807) is 19.2 Å². The van der Waals surface area contributed by atoms with E-state index in [4.69, 9.17) is 21.1 Å². The third kappa shape index (κ3) is 6.17. The quantitative estimate of drug-likeness (QED) is 0.350. The molecule has 168 valence electrons. The van der Waals surface area contributed by atoms with Gasteiger partial charge in [0.1, 0.15) is 0 Å². The van der Waals surface area contributed by atoms with Crippen LogP contribution in [-0.2, 0) is 11.3 Å². The van der Waals surface area contributed by atoms with Gasteiger partial charge >= 0.3 is 0 Å². The Hall–Kier alpha value is -2.70. The zero-order valence-electron chi connectivity index (χ0n) is 18.5. The summed E-state index contributed by atoms with van der Waals surface area (Å²) in [6.45, 7) is 6.50. The normalized spacial score (nSPS) is 10.6. The Balaban J connectivity index is 1.66. The SMILES string of the molecule is COc1cc(CNc2cc(C)ccc2C)cc(Br)c1OCC(=O)Nc1ccc(C)c(Cl)c1. The Morgan fingerprint density at radius 3 is 2.50 bits per heavy atom. The molecule has 0 aliphatic carbocycles. The first-order valence-electron chi connectivity index (χ1n) is 10.1. The smallest absolute Gasteiger partial charge is 0.262 e. The van der Waals surface area contributed by atoms with Gasteiger partial charge in [0.15, 0.2) is 18.1 Å². The molecule has 3 aromatic rings. The maximum absolute atomic E-state index is 12.3. The van der Waals surface area contributed by atoms with E-state index in [2.05, 4.69) is 58.6 Å². The van der Waals surface area contributed by atoms with Gasteiger partial charge in [-0.3, -0.25) is 4.79 Å². The van der Waals surface area contributed by atoms with Crippen molar-refractivity contribution in [2.45, 2.75) is 27.3 Å². The number of rotatable bonds is 8. The van der Waals surface area contributed by atoms with Gasteiger partial charge in [-0.05, 0) is 89.3 Å². The fourth-order valence-electron chi connectivity index (χ4n) is 3.14. The van der Waals surface area contributed by atoms with Gasteiger partial charge in [0, 0.05) is 22.9 Å². The number of aryl methyl sites for hydroxylation is 3. The van der Waals surface area contributed by atoms with Crippen LogP contribution in [0.2, 0.25) is 5.02 Å². The van der Waals surface area contributed by atoms with Crippen molar-refractivity contribution in [2.75, 3.05) is 24.4 Å². The molecule has 0 aromatic heterocycles. The van der Waals surface area contributed by atoms with Crippen LogP contribution in [-0.4, -0.2) is 19.6 Å². The molecule has 3 aromatic carbocycles. The summed E-state index contributed by atoms with van der Waals surface area (Å²) in [6, 6.07) is 15.5. The van der Waals surface area contributed by atoms with Gasteiger partial charge in [0.25, 0.3) is 5.91 Å². The standard InChI is InChI=1S/C25H26BrClN2O3/c1-15-5-6-17(3)22(9-15)28-13-18-10-20(26)25(23(11-18)31-4)32-14-24(30)29-19-8-7-16(2)21(27)12-19/h5-12,28H,13-14H2,1-4H3,(H,29,30). The number of methoxy groups -OCH3 is 1. The van der Waals surface area contributed by atoms with E-state index in [9.17, 15) is 4.79 Å². The highest BCUT2D eigenvalue weighted by Crippen LogP contribution is 2.37. The fourth-order valence-corrected chi connectivity index (χ4v) is 3.93. The molecule has 0 spiro atoms.